The van der Waals surface area contributed by atoms with Crippen molar-refractivity contribution in [2.24, 2.45) is 10.8 Å². The largest absolute Gasteiger partial charge is 0.391 e. The summed E-state index contributed by atoms with van der Waals surface area (Å²) in [6.07, 6.45) is 1.99. The van der Waals surface area contributed by atoms with Gasteiger partial charge >= 0.3 is 0 Å². The van der Waals surface area contributed by atoms with Gasteiger partial charge in [0.2, 0.25) is 11.8 Å². The number of nitrogens with zero attached hydrogens (tertiary/aromatic N) is 1. The van der Waals surface area contributed by atoms with Crippen LogP contribution >= 0.6 is 0 Å². The zero-order valence-electron chi connectivity index (χ0n) is 15.1. The highest BCUT2D eigenvalue weighted by Gasteiger charge is 2.47. The fraction of sp³-hybridized carbons (Fsp3) is 0.600. The fourth-order valence-corrected chi connectivity index (χ4v) is 4.19. The van der Waals surface area contributed by atoms with Crippen molar-refractivity contribution in [2.45, 2.75) is 45.6 Å². The molecule has 0 bridgehead atoms. The molecule has 1 spiro atoms. The minimum atomic E-state index is -0.502. The molecule has 25 heavy (non-hydrogen) atoms. The van der Waals surface area contributed by atoms with Gasteiger partial charge in [0.1, 0.15) is 0 Å². The third kappa shape index (κ3) is 3.71. The normalized spacial score (nSPS) is 23.4. The zero-order valence-corrected chi connectivity index (χ0v) is 15.1. The molecule has 2 aliphatic heterocycles. The summed E-state index contributed by atoms with van der Waals surface area (Å²) in [7, 11) is 0. The fourth-order valence-electron chi connectivity index (χ4n) is 4.19. The van der Waals surface area contributed by atoms with E-state index in [1.807, 2.05) is 49.1 Å². The average molecular weight is 344 g/mol. The predicted octanol–water partition coefficient (Wildman–Crippen LogP) is 1.74. The lowest BCUT2D eigenvalue weighted by molar-refractivity contribution is -0.149. The second-order valence-electron chi connectivity index (χ2n) is 8.19. The number of hydrogen-bond donors (Lipinski definition) is 2. The number of rotatable bonds is 3. The number of benzene rings is 1. The van der Waals surface area contributed by atoms with Gasteiger partial charge in [-0.3, -0.25) is 9.59 Å². The number of aliphatic hydroxyl groups excluding tert-OH is 1. The van der Waals surface area contributed by atoms with Gasteiger partial charge in [-0.05, 0) is 31.2 Å². The maximum atomic E-state index is 13.0. The van der Waals surface area contributed by atoms with Crippen LogP contribution in [-0.4, -0.2) is 47.6 Å². The van der Waals surface area contributed by atoms with E-state index in [1.54, 1.807) is 0 Å². The second kappa shape index (κ2) is 6.79. The number of likely N-dealkylation sites (tertiary alicyclic amines) is 1. The van der Waals surface area contributed by atoms with Crippen molar-refractivity contribution in [3.8, 4) is 0 Å². The van der Waals surface area contributed by atoms with Gasteiger partial charge in [0, 0.05) is 25.0 Å². The van der Waals surface area contributed by atoms with Crippen LogP contribution in [0.2, 0.25) is 0 Å². The van der Waals surface area contributed by atoms with Gasteiger partial charge < -0.3 is 15.3 Å². The summed E-state index contributed by atoms with van der Waals surface area (Å²) in [6.45, 7) is 5.48. The zero-order chi connectivity index (χ0) is 18.1. The van der Waals surface area contributed by atoms with Crippen LogP contribution in [0.15, 0.2) is 30.3 Å². The Morgan fingerprint density at radius 2 is 1.92 bits per heavy atom. The molecule has 0 radical (unpaired) electrons. The summed E-state index contributed by atoms with van der Waals surface area (Å²) in [5.74, 6) is 0.177. The number of β-amino-alcohol motifs (C(OH)–C–C–N with tert-alkyl or cyclic N) is 1. The van der Waals surface area contributed by atoms with Gasteiger partial charge in [-0.2, -0.15) is 0 Å². The number of carbonyl (C=O) groups is 2. The van der Waals surface area contributed by atoms with Gasteiger partial charge in [-0.1, -0.05) is 44.2 Å². The van der Waals surface area contributed by atoms with E-state index in [0.717, 1.165) is 5.56 Å². The third-order valence-corrected chi connectivity index (χ3v) is 5.68. The Hall–Kier alpha value is -1.88. The molecule has 1 unspecified atom stereocenters. The summed E-state index contributed by atoms with van der Waals surface area (Å²) in [5.41, 5.74) is 0.183. The minimum Gasteiger partial charge on any atom is -0.391 e. The Morgan fingerprint density at radius 1 is 1.28 bits per heavy atom. The first-order valence-electron chi connectivity index (χ1n) is 9.12. The Bertz CT molecular complexity index is 634. The maximum Gasteiger partial charge on any atom is 0.228 e. The Balaban J connectivity index is 1.64. The highest BCUT2D eigenvalue weighted by atomic mass is 16.3. The van der Waals surface area contributed by atoms with Crippen molar-refractivity contribution in [1.82, 2.24) is 10.2 Å². The molecule has 2 aliphatic rings. The number of hydrogen-bond acceptors (Lipinski definition) is 3. The van der Waals surface area contributed by atoms with Crippen molar-refractivity contribution in [1.29, 1.82) is 0 Å². The molecule has 1 atom stereocenters. The van der Waals surface area contributed by atoms with Gasteiger partial charge in [0.15, 0.2) is 0 Å². The molecule has 0 aromatic heterocycles. The van der Waals surface area contributed by atoms with E-state index in [-0.39, 0.29) is 11.8 Å². The topological polar surface area (TPSA) is 69.6 Å². The first-order chi connectivity index (χ1) is 11.8. The van der Waals surface area contributed by atoms with Crippen LogP contribution in [0.25, 0.3) is 0 Å². The summed E-state index contributed by atoms with van der Waals surface area (Å²) in [6, 6.07) is 10.1. The van der Waals surface area contributed by atoms with E-state index < -0.39 is 16.9 Å². The van der Waals surface area contributed by atoms with Gasteiger partial charge in [0.05, 0.1) is 11.5 Å². The summed E-state index contributed by atoms with van der Waals surface area (Å²) in [5, 5.41) is 12.7. The molecule has 136 valence electrons. The van der Waals surface area contributed by atoms with Crippen LogP contribution in [0.5, 0.6) is 0 Å². The molecule has 1 aromatic rings. The molecule has 5 heteroatoms. The molecule has 0 aliphatic carbocycles. The van der Waals surface area contributed by atoms with E-state index in [9.17, 15) is 14.7 Å². The molecule has 2 saturated heterocycles. The van der Waals surface area contributed by atoms with Crippen molar-refractivity contribution in [3.63, 3.8) is 0 Å². The smallest absolute Gasteiger partial charge is 0.228 e. The number of carbonyl (C=O) groups excluding carboxylic acids is 2. The van der Waals surface area contributed by atoms with Crippen LogP contribution in [-0.2, 0) is 16.0 Å². The Morgan fingerprint density at radius 3 is 2.56 bits per heavy atom. The van der Waals surface area contributed by atoms with Crippen LogP contribution < -0.4 is 5.32 Å². The molecular weight excluding hydrogens is 316 g/mol. The summed E-state index contributed by atoms with van der Waals surface area (Å²) in [4.78, 5) is 27.2. The van der Waals surface area contributed by atoms with Gasteiger partial charge in [0.25, 0.3) is 0 Å². The molecule has 3 rings (SSSR count). The summed E-state index contributed by atoms with van der Waals surface area (Å²) < 4.78 is 0. The van der Waals surface area contributed by atoms with E-state index in [4.69, 9.17) is 0 Å². The predicted molar refractivity (Wildman–Crippen MR) is 95.8 cm³/mol. The van der Waals surface area contributed by atoms with Crippen molar-refractivity contribution < 1.29 is 14.7 Å². The minimum absolute atomic E-state index is 0.0356. The number of nitrogens with one attached hydrogen (secondary N) is 1. The van der Waals surface area contributed by atoms with Gasteiger partial charge in [-0.15, -0.1) is 0 Å². The molecule has 2 amide bonds. The van der Waals surface area contributed by atoms with E-state index in [0.29, 0.717) is 45.3 Å². The lowest BCUT2D eigenvalue weighted by Crippen LogP contribution is -2.57. The van der Waals surface area contributed by atoms with E-state index in [2.05, 4.69) is 5.32 Å². The van der Waals surface area contributed by atoms with E-state index in [1.165, 1.54) is 0 Å². The van der Waals surface area contributed by atoms with E-state index >= 15 is 0 Å². The third-order valence-electron chi connectivity index (χ3n) is 5.68. The molecule has 2 fully saturated rings. The first kappa shape index (κ1) is 17.9. The molecule has 0 saturated carbocycles. The number of amides is 2. The van der Waals surface area contributed by atoms with Crippen molar-refractivity contribution >= 4 is 11.8 Å². The lowest BCUT2D eigenvalue weighted by atomic mass is 9.71. The average Bonchev–Trinajstić information content (AvgIpc) is 2.59. The Labute approximate surface area is 149 Å². The number of piperidine rings is 2. The molecule has 5 nitrogen and oxygen atoms in total. The lowest BCUT2D eigenvalue weighted by Gasteiger charge is -2.45. The van der Waals surface area contributed by atoms with Gasteiger partial charge in [-0.25, -0.2) is 0 Å². The van der Waals surface area contributed by atoms with Crippen molar-refractivity contribution in [2.75, 3.05) is 19.6 Å². The highest BCUT2D eigenvalue weighted by Crippen LogP contribution is 2.39. The standard InChI is InChI=1S/C20H28N2O3/c1-19(2,12-15-6-4-3-5-7-15)18(25)22-10-8-20(9-11-22)13-16(23)14-21-17(20)24/h3-7,16,23H,8-14H2,1-2H3,(H,21,24). The summed E-state index contributed by atoms with van der Waals surface area (Å²) >= 11 is 0. The molecule has 2 heterocycles. The van der Waals surface area contributed by atoms with Crippen LogP contribution in [0.4, 0.5) is 0 Å². The highest BCUT2D eigenvalue weighted by molar-refractivity contribution is 5.85. The van der Waals surface area contributed by atoms with Crippen LogP contribution in [0, 0.1) is 10.8 Å². The van der Waals surface area contributed by atoms with Crippen molar-refractivity contribution in [3.05, 3.63) is 35.9 Å². The quantitative estimate of drug-likeness (QED) is 0.878. The van der Waals surface area contributed by atoms with Crippen LogP contribution in [0.3, 0.4) is 0 Å². The maximum absolute atomic E-state index is 13.0. The van der Waals surface area contributed by atoms with Crippen LogP contribution in [0.1, 0.15) is 38.7 Å². The second-order valence-corrected chi connectivity index (χ2v) is 8.19. The molecule has 1 aromatic carbocycles. The first-order valence-corrected chi connectivity index (χ1v) is 9.12. The molecular formula is C20H28N2O3. The molecule has 2 N–H and O–H groups in total. The monoisotopic (exact) mass is 344 g/mol. The Kier molecular flexibility index (Phi) is 4.87. The SMILES string of the molecule is CC(C)(Cc1ccccc1)C(=O)N1CCC2(CC1)CC(O)CNC2=O. The number of aliphatic hydroxyl groups is 1.